The molecular weight excluding hydrogens is 540 g/mol. The number of benzene rings is 3. The second kappa shape index (κ2) is 13.5. The molecule has 3 aromatic carbocycles. The Bertz CT molecular complexity index is 1150. The highest BCUT2D eigenvalue weighted by Gasteiger charge is 2.30. The van der Waals surface area contributed by atoms with Crippen molar-refractivity contribution in [2.75, 3.05) is 13.2 Å². The largest absolute Gasteiger partial charge is 0.484 e. The molecule has 0 heterocycles. The number of hydrogen-bond acceptors (Lipinski definition) is 3. The topological polar surface area (TPSA) is 58.6 Å². The molecule has 0 spiro atoms. The first-order valence-electron chi connectivity index (χ1n) is 12.0. The third kappa shape index (κ3) is 7.84. The molecule has 0 aliphatic rings. The first kappa shape index (κ1) is 27.8. The Kier molecular flexibility index (Phi) is 10.4. The molecule has 1 N–H and O–H groups in total. The molecule has 7 heteroatoms. The number of aryl methyl sites for hydroxylation is 2. The maximum Gasteiger partial charge on any atom is 0.261 e. The zero-order chi connectivity index (χ0) is 26.1. The fourth-order valence-corrected chi connectivity index (χ4v) is 4.30. The van der Waals surface area contributed by atoms with Gasteiger partial charge in [-0.25, -0.2) is 0 Å². The summed E-state index contributed by atoms with van der Waals surface area (Å²) in [5.41, 5.74) is 3.66. The molecule has 0 bridgehead atoms. The van der Waals surface area contributed by atoms with E-state index in [4.69, 9.17) is 16.3 Å². The van der Waals surface area contributed by atoms with Crippen LogP contribution in [-0.2, 0) is 22.6 Å². The van der Waals surface area contributed by atoms with Gasteiger partial charge in [0.1, 0.15) is 11.8 Å². The fourth-order valence-electron chi connectivity index (χ4n) is 3.92. The summed E-state index contributed by atoms with van der Waals surface area (Å²) in [5, 5.41) is 3.66. The first-order valence-corrected chi connectivity index (χ1v) is 13.2. The Morgan fingerprint density at radius 1 is 1.00 bits per heavy atom. The van der Waals surface area contributed by atoms with Crippen LogP contribution < -0.4 is 10.1 Å². The quantitative estimate of drug-likeness (QED) is 0.295. The van der Waals surface area contributed by atoms with Crippen molar-refractivity contribution in [1.29, 1.82) is 0 Å². The number of halogens is 2. The van der Waals surface area contributed by atoms with Crippen molar-refractivity contribution in [2.45, 2.75) is 46.2 Å². The smallest absolute Gasteiger partial charge is 0.261 e. The van der Waals surface area contributed by atoms with Gasteiger partial charge >= 0.3 is 0 Å². The van der Waals surface area contributed by atoms with Crippen LogP contribution in [0.4, 0.5) is 0 Å². The summed E-state index contributed by atoms with van der Waals surface area (Å²) in [6, 6.07) is 20.4. The van der Waals surface area contributed by atoms with Crippen molar-refractivity contribution in [2.24, 2.45) is 0 Å². The minimum absolute atomic E-state index is 0.177. The SMILES string of the molecule is CCCNC(=O)[C@@H](Cc1ccccc1)N(Cc1ccc(Br)cc1)C(=O)COc1cc(C)c(Cl)c(C)c1. The molecule has 0 fully saturated rings. The third-order valence-electron chi connectivity index (χ3n) is 5.86. The van der Waals surface area contributed by atoms with E-state index in [1.165, 1.54) is 0 Å². The Morgan fingerprint density at radius 2 is 1.64 bits per heavy atom. The lowest BCUT2D eigenvalue weighted by Gasteiger charge is -2.31. The van der Waals surface area contributed by atoms with E-state index in [9.17, 15) is 9.59 Å². The lowest BCUT2D eigenvalue weighted by molar-refractivity contribution is -0.142. The molecule has 1 atom stereocenters. The predicted molar refractivity (Wildman–Crippen MR) is 148 cm³/mol. The maximum absolute atomic E-state index is 13.6. The normalized spacial score (nSPS) is 11.6. The highest BCUT2D eigenvalue weighted by molar-refractivity contribution is 9.10. The van der Waals surface area contributed by atoms with Gasteiger partial charge in [-0.05, 0) is 66.8 Å². The standard InChI is InChI=1S/C29H32BrClN2O3/c1-4-14-32-29(35)26(17-22-8-6-5-7-9-22)33(18-23-10-12-24(30)13-11-23)27(34)19-36-25-15-20(2)28(31)21(3)16-25/h5-13,15-16,26H,4,14,17-19H2,1-3H3,(H,32,35)/t26-/m1/s1. The van der Waals surface area contributed by atoms with Crippen molar-refractivity contribution in [3.05, 3.63) is 98.5 Å². The fraction of sp³-hybridized carbons (Fsp3) is 0.310. The summed E-state index contributed by atoms with van der Waals surface area (Å²) < 4.78 is 6.84. The van der Waals surface area contributed by atoms with Crippen molar-refractivity contribution in [3.63, 3.8) is 0 Å². The van der Waals surface area contributed by atoms with Gasteiger partial charge in [0.25, 0.3) is 5.91 Å². The molecule has 0 aromatic heterocycles. The van der Waals surface area contributed by atoms with Gasteiger partial charge in [-0.2, -0.15) is 0 Å². The highest BCUT2D eigenvalue weighted by atomic mass is 79.9. The van der Waals surface area contributed by atoms with Gasteiger partial charge < -0.3 is 15.0 Å². The molecule has 36 heavy (non-hydrogen) atoms. The van der Waals surface area contributed by atoms with Crippen LogP contribution in [0.5, 0.6) is 5.75 Å². The van der Waals surface area contributed by atoms with Crippen molar-refractivity contribution < 1.29 is 14.3 Å². The molecule has 0 aliphatic carbocycles. The minimum Gasteiger partial charge on any atom is -0.484 e. The first-order chi connectivity index (χ1) is 17.3. The van der Waals surface area contributed by atoms with E-state index in [1.54, 1.807) is 4.90 Å². The van der Waals surface area contributed by atoms with Gasteiger partial charge in [0.15, 0.2) is 6.61 Å². The molecule has 0 radical (unpaired) electrons. The number of carbonyl (C=O) groups excluding carboxylic acids is 2. The van der Waals surface area contributed by atoms with Crippen LogP contribution in [-0.4, -0.2) is 35.9 Å². The zero-order valence-corrected chi connectivity index (χ0v) is 23.2. The Balaban J connectivity index is 1.90. The molecule has 0 unspecified atom stereocenters. The van der Waals surface area contributed by atoms with Gasteiger partial charge in [-0.1, -0.05) is 76.9 Å². The maximum atomic E-state index is 13.6. The number of nitrogens with zero attached hydrogens (tertiary/aromatic N) is 1. The predicted octanol–water partition coefficient (Wildman–Crippen LogP) is 6.26. The lowest BCUT2D eigenvalue weighted by atomic mass is 10.0. The van der Waals surface area contributed by atoms with E-state index in [-0.39, 0.29) is 25.0 Å². The Hall–Kier alpha value is -2.83. The number of rotatable bonds is 11. The van der Waals surface area contributed by atoms with Gasteiger partial charge in [0.2, 0.25) is 5.91 Å². The van der Waals surface area contributed by atoms with Gasteiger partial charge in [0.05, 0.1) is 0 Å². The number of hydrogen-bond donors (Lipinski definition) is 1. The highest BCUT2D eigenvalue weighted by Crippen LogP contribution is 2.26. The minimum atomic E-state index is -0.688. The molecule has 3 rings (SSSR count). The lowest BCUT2D eigenvalue weighted by Crippen LogP contribution is -2.51. The summed E-state index contributed by atoms with van der Waals surface area (Å²) in [5.74, 6) is 0.126. The van der Waals surface area contributed by atoms with Gasteiger partial charge in [0, 0.05) is 29.0 Å². The average molecular weight is 572 g/mol. The average Bonchev–Trinajstić information content (AvgIpc) is 2.88. The van der Waals surface area contributed by atoms with E-state index in [0.29, 0.717) is 23.7 Å². The Morgan fingerprint density at radius 3 is 2.25 bits per heavy atom. The molecule has 0 saturated heterocycles. The van der Waals surface area contributed by atoms with Crippen LogP contribution >= 0.6 is 27.5 Å². The van der Waals surface area contributed by atoms with Crippen LogP contribution in [0.3, 0.4) is 0 Å². The zero-order valence-electron chi connectivity index (χ0n) is 20.9. The molecule has 3 aromatic rings. The molecule has 190 valence electrons. The van der Waals surface area contributed by atoms with Crippen molar-refractivity contribution >= 4 is 39.3 Å². The summed E-state index contributed by atoms with van der Waals surface area (Å²) in [7, 11) is 0. The molecular formula is C29H32BrClN2O3. The molecule has 5 nitrogen and oxygen atoms in total. The summed E-state index contributed by atoms with van der Waals surface area (Å²) in [4.78, 5) is 28.6. The van der Waals surface area contributed by atoms with E-state index >= 15 is 0 Å². The second-order valence-electron chi connectivity index (χ2n) is 8.80. The van der Waals surface area contributed by atoms with Crippen molar-refractivity contribution in [1.82, 2.24) is 10.2 Å². The van der Waals surface area contributed by atoms with E-state index in [2.05, 4.69) is 21.2 Å². The van der Waals surface area contributed by atoms with Crippen LogP contribution in [0.25, 0.3) is 0 Å². The van der Waals surface area contributed by atoms with Crippen molar-refractivity contribution in [3.8, 4) is 5.75 Å². The Labute approximate surface area is 226 Å². The molecule has 2 amide bonds. The van der Waals surface area contributed by atoms with E-state index in [0.717, 1.165) is 33.1 Å². The summed E-state index contributed by atoms with van der Waals surface area (Å²) >= 11 is 9.74. The summed E-state index contributed by atoms with van der Waals surface area (Å²) in [6.45, 7) is 6.44. The second-order valence-corrected chi connectivity index (χ2v) is 10.1. The number of ether oxygens (including phenoxy) is 1. The summed E-state index contributed by atoms with van der Waals surface area (Å²) in [6.07, 6.45) is 1.21. The van der Waals surface area contributed by atoms with Crippen LogP contribution in [0.1, 0.15) is 35.6 Å². The van der Waals surface area contributed by atoms with Gasteiger partial charge in [-0.3, -0.25) is 9.59 Å². The van der Waals surface area contributed by atoms with Gasteiger partial charge in [-0.15, -0.1) is 0 Å². The monoisotopic (exact) mass is 570 g/mol. The van der Waals surface area contributed by atoms with E-state index in [1.807, 2.05) is 87.5 Å². The number of amides is 2. The van der Waals surface area contributed by atoms with E-state index < -0.39 is 6.04 Å². The third-order valence-corrected chi connectivity index (χ3v) is 6.98. The van der Waals surface area contributed by atoms with Crippen LogP contribution in [0.15, 0.2) is 71.2 Å². The van der Waals surface area contributed by atoms with Crippen LogP contribution in [0, 0.1) is 13.8 Å². The molecule has 0 saturated carbocycles. The van der Waals surface area contributed by atoms with Crippen LogP contribution in [0.2, 0.25) is 5.02 Å². The molecule has 0 aliphatic heterocycles. The number of nitrogens with one attached hydrogen (secondary N) is 1. The number of carbonyl (C=O) groups is 2.